The van der Waals surface area contributed by atoms with Crippen molar-refractivity contribution in [1.82, 2.24) is 0 Å². The van der Waals surface area contributed by atoms with Gasteiger partial charge in [0.25, 0.3) is 0 Å². The van der Waals surface area contributed by atoms with Crippen molar-refractivity contribution in [2.24, 2.45) is 0 Å². The van der Waals surface area contributed by atoms with Gasteiger partial charge in [-0.1, -0.05) is 291 Å². The Labute approximate surface area is 502 Å². The van der Waals surface area contributed by atoms with Gasteiger partial charge in [0.05, 0.1) is 0 Å². The van der Waals surface area contributed by atoms with E-state index in [0.717, 1.165) is 27.3 Å². The molecular weight excluding hydrogens is 1050 g/mol. The highest BCUT2D eigenvalue weighted by Gasteiger charge is 2.22. The molecule has 402 valence electrons. The van der Waals surface area contributed by atoms with Crippen LogP contribution in [0.4, 0.5) is 0 Å². The summed E-state index contributed by atoms with van der Waals surface area (Å²) in [6.45, 7) is 0. The molecule has 1 nitrogen and oxygen atoms in total. The molecule has 0 aliphatic rings. The van der Waals surface area contributed by atoms with Crippen molar-refractivity contribution in [2.45, 2.75) is 0 Å². The first-order chi connectivity index (χ1) is 43.1. The summed E-state index contributed by atoms with van der Waals surface area (Å²) in [5, 5.41) is 25.5. The molecule has 19 rings (SSSR count). The van der Waals surface area contributed by atoms with Crippen LogP contribution in [0.3, 0.4) is 0 Å². The van der Waals surface area contributed by atoms with E-state index >= 15 is 0 Å². The molecular formula is C86H52O. The molecule has 0 spiro atoms. The summed E-state index contributed by atoms with van der Waals surface area (Å²) in [7, 11) is 0. The molecule has 1 aromatic heterocycles. The van der Waals surface area contributed by atoms with Crippen LogP contribution in [-0.2, 0) is 0 Å². The van der Waals surface area contributed by atoms with E-state index < -0.39 is 0 Å². The zero-order valence-electron chi connectivity index (χ0n) is 47.4. The van der Waals surface area contributed by atoms with Crippen LogP contribution in [0.2, 0.25) is 0 Å². The minimum Gasteiger partial charge on any atom is -0.455 e. The summed E-state index contributed by atoms with van der Waals surface area (Å²) in [4.78, 5) is 0. The van der Waals surface area contributed by atoms with Gasteiger partial charge in [0.15, 0.2) is 0 Å². The van der Waals surface area contributed by atoms with Gasteiger partial charge >= 0.3 is 0 Å². The van der Waals surface area contributed by atoms with Crippen molar-refractivity contribution >= 4 is 119 Å². The number of rotatable bonds is 6. The Morgan fingerprint density at radius 1 is 0.172 bits per heavy atom. The fraction of sp³-hybridized carbons (Fsp3) is 0. The highest BCUT2D eigenvalue weighted by Crippen LogP contribution is 2.49. The topological polar surface area (TPSA) is 13.1 Å². The molecule has 0 radical (unpaired) electrons. The molecule has 0 aliphatic heterocycles. The summed E-state index contributed by atoms with van der Waals surface area (Å²) in [6.07, 6.45) is 0. The van der Waals surface area contributed by atoms with Crippen molar-refractivity contribution in [3.63, 3.8) is 0 Å². The summed E-state index contributed by atoms with van der Waals surface area (Å²) < 4.78 is 6.60. The molecule has 0 fully saturated rings. The molecule has 1 heterocycles. The minimum atomic E-state index is 0.914. The van der Waals surface area contributed by atoms with Crippen molar-refractivity contribution in [2.75, 3.05) is 0 Å². The molecule has 0 aliphatic carbocycles. The molecule has 0 amide bonds. The molecule has 0 unspecified atom stereocenters. The van der Waals surface area contributed by atoms with Gasteiger partial charge in [0.1, 0.15) is 11.2 Å². The van der Waals surface area contributed by atoms with E-state index in [-0.39, 0.29) is 0 Å². The number of hydrogen-bond acceptors (Lipinski definition) is 1. The van der Waals surface area contributed by atoms with Crippen LogP contribution in [0.25, 0.3) is 186 Å². The van der Waals surface area contributed by atoms with Crippen molar-refractivity contribution in [3.8, 4) is 66.8 Å². The Morgan fingerprint density at radius 2 is 0.563 bits per heavy atom. The van der Waals surface area contributed by atoms with E-state index in [1.54, 1.807) is 0 Å². The second-order valence-electron chi connectivity index (χ2n) is 23.3. The zero-order valence-corrected chi connectivity index (χ0v) is 47.4. The van der Waals surface area contributed by atoms with E-state index in [1.807, 2.05) is 0 Å². The van der Waals surface area contributed by atoms with Gasteiger partial charge in [-0.05, 0) is 183 Å². The summed E-state index contributed by atoms with van der Waals surface area (Å²) >= 11 is 0. The van der Waals surface area contributed by atoms with Crippen molar-refractivity contribution in [3.05, 3.63) is 315 Å². The van der Waals surface area contributed by atoms with Gasteiger partial charge in [-0.25, -0.2) is 0 Å². The fourth-order valence-corrected chi connectivity index (χ4v) is 14.7. The molecule has 0 N–H and O–H groups in total. The number of hydrogen-bond donors (Lipinski definition) is 0. The highest BCUT2D eigenvalue weighted by molar-refractivity contribution is 6.29. The largest absolute Gasteiger partial charge is 0.455 e. The predicted molar refractivity (Wildman–Crippen MR) is 373 cm³/mol. The minimum absolute atomic E-state index is 0.914. The van der Waals surface area contributed by atoms with E-state index in [1.165, 1.54) is 158 Å². The van der Waals surface area contributed by atoms with Gasteiger partial charge in [0.2, 0.25) is 0 Å². The van der Waals surface area contributed by atoms with E-state index in [2.05, 4.69) is 315 Å². The lowest BCUT2D eigenvalue weighted by Gasteiger charge is -2.18. The first-order valence-electron chi connectivity index (χ1n) is 30.1. The van der Waals surface area contributed by atoms with Crippen LogP contribution in [0.15, 0.2) is 320 Å². The van der Waals surface area contributed by atoms with E-state index in [9.17, 15) is 0 Å². The van der Waals surface area contributed by atoms with E-state index in [4.69, 9.17) is 4.42 Å². The van der Waals surface area contributed by atoms with Gasteiger partial charge in [-0.3, -0.25) is 0 Å². The van der Waals surface area contributed by atoms with Crippen LogP contribution >= 0.6 is 0 Å². The first kappa shape index (κ1) is 49.1. The lowest BCUT2D eigenvalue weighted by Crippen LogP contribution is -1.91. The summed E-state index contributed by atoms with van der Waals surface area (Å²) in [5.74, 6) is 0. The fourth-order valence-electron chi connectivity index (χ4n) is 14.7. The van der Waals surface area contributed by atoms with Gasteiger partial charge in [-0.2, -0.15) is 0 Å². The zero-order chi connectivity index (χ0) is 57.1. The Bertz CT molecular complexity index is 5840. The van der Waals surface area contributed by atoms with E-state index in [0.29, 0.717) is 0 Å². The summed E-state index contributed by atoms with van der Waals surface area (Å²) in [6, 6.07) is 115. The average molecular weight is 1100 g/mol. The SMILES string of the molecule is c1cc(-c2ccc(-c3ccc4ccc5cccc6ccc3c4c56)cc2)cc(-c2ccc3ccc4cccc5ccc2c3c45)c1.c1ccc(-c2cccc(-c3c4ccccc4c(-c4cccc5oc6c7ccccc7ccc6c45)c4ccccc34)c2)cc1. The first-order valence-corrected chi connectivity index (χ1v) is 30.1. The third kappa shape index (κ3) is 7.80. The predicted octanol–water partition coefficient (Wildman–Crippen LogP) is 24.5. The lowest BCUT2D eigenvalue weighted by atomic mass is 9.84. The third-order valence-electron chi connectivity index (χ3n) is 18.6. The number of furan rings is 1. The Kier molecular flexibility index (Phi) is 11.1. The molecule has 1 heteroatoms. The number of benzene rings is 18. The van der Waals surface area contributed by atoms with Crippen LogP contribution < -0.4 is 0 Å². The quantitative estimate of drug-likeness (QED) is 0.119. The normalized spacial score (nSPS) is 11.9. The van der Waals surface area contributed by atoms with Gasteiger partial charge < -0.3 is 4.42 Å². The highest BCUT2D eigenvalue weighted by atomic mass is 16.3. The molecule has 0 atom stereocenters. The standard InChI is InChI=1S/C44H26.C42H26O/c1-4-29-14-16-33-18-22-37(39-24-20-31(6-1)41(29)43(33)39)28-12-10-27(11-13-28)35-8-3-9-36(26-35)38-23-19-34-17-15-30-5-2-7-32-21-25-40(38)44(34)42(30)32;1-2-12-27(13-3-1)29-15-10-16-30(26-29)39-32-18-6-8-20-34(32)40(35-21-9-7-19-33(35)39)36-22-11-23-38-41(36)37-25-24-28-14-4-5-17-31(28)42(37)43-38/h1-26H;1-26H. The average Bonchev–Trinajstić information content (AvgIpc) is 1.88. The second kappa shape index (κ2) is 19.6. The Balaban J connectivity index is 0.000000131. The second-order valence-corrected chi connectivity index (χ2v) is 23.3. The van der Waals surface area contributed by atoms with Crippen molar-refractivity contribution < 1.29 is 4.42 Å². The summed E-state index contributed by atoms with van der Waals surface area (Å²) in [5.41, 5.74) is 16.7. The molecule has 0 saturated carbocycles. The Morgan fingerprint density at radius 3 is 1.17 bits per heavy atom. The Hall–Kier alpha value is -11.4. The number of fused-ring (bicyclic) bond motifs is 7. The molecule has 0 bridgehead atoms. The third-order valence-corrected chi connectivity index (χ3v) is 18.6. The molecule has 87 heavy (non-hydrogen) atoms. The van der Waals surface area contributed by atoms with Crippen molar-refractivity contribution in [1.29, 1.82) is 0 Å². The maximum atomic E-state index is 6.60. The maximum absolute atomic E-state index is 6.60. The lowest BCUT2D eigenvalue weighted by molar-refractivity contribution is 0.673. The maximum Gasteiger partial charge on any atom is 0.143 e. The monoisotopic (exact) mass is 1100 g/mol. The van der Waals surface area contributed by atoms with Gasteiger partial charge in [0, 0.05) is 16.2 Å². The molecule has 19 aromatic rings. The van der Waals surface area contributed by atoms with Crippen LogP contribution in [0.5, 0.6) is 0 Å². The van der Waals surface area contributed by atoms with Gasteiger partial charge in [-0.15, -0.1) is 0 Å². The van der Waals surface area contributed by atoms with Crippen LogP contribution in [-0.4, -0.2) is 0 Å². The molecule has 18 aromatic carbocycles. The smallest absolute Gasteiger partial charge is 0.143 e. The molecule has 0 saturated heterocycles. The van der Waals surface area contributed by atoms with Crippen LogP contribution in [0.1, 0.15) is 0 Å². The van der Waals surface area contributed by atoms with Crippen LogP contribution in [0, 0.1) is 0 Å².